The van der Waals surface area contributed by atoms with Gasteiger partial charge in [0.05, 0.1) is 16.6 Å². The van der Waals surface area contributed by atoms with Crippen LogP contribution in [0.2, 0.25) is 5.02 Å². The zero-order valence-electron chi connectivity index (χ0n) is 18.0. The summed E-state index contributed by atoms with van der Waals surface area (Å²) in [7, 11) is 0. The first-order valence-electron chi connectivity index (χ1n) is 10.3. The molecule has 0 aliphatic rings. The molecule has 0 aliphatic carbocycles. The normalized spacial score (nSPS) is 11.0. The van der Waals surface area contributed by atoms with Gasteiger partial charge >= 0.3 is 0 Å². The van der Waals surface area contributed by atoms with E-state index in [4.69, 9.17) is 27.3 Å². The van der Waals surface area contributed by atoms with Crippen LogP contribution in [0, 0.1) is 18.3 Å². The van der Waals surface area contributed by atoms with Crippen molar-refractivity contribution >= 4 is 51.6 Å². The summed E-state index contributed by atoms with van der Waals surface area (Å²) in [5, 5.41) is 14.9. The summed E-state index contributed by atoms with van der Waals surface area (Å²) in [6.07, 6.45) is 0. The number of hydrogen-bond donors (Lipinski definition) is 1. The van der Waals surface area contributed by atoms with Crippen molar-refractivity contribution in [3.63, 3.8) is 0 Å². The van der Waals surface area contributed by atoms with E-state index in [0.717, 1.165) is 21.8 Å². The molecule has 0 fully saturated rings. The molecular formula is C25H17ClN6S2. The number of hydrogen-bond acceptors (Lipinski definition) is 8. The maximum absolute atomic E-state index is 10.1. The molecule has 0 atom stereocenters. The van der Waals surface area contributed by atoms with E-state index in [1.165, 1.54) is 11.8 Å². The molecule has 3 heterocycles. The van der Waals surface area contributed by atoms with E-state index in [2.05, 4.69) is 16.0 Å². The molecule has 5 aromatic rings. The topological polar surface area (TPSA) is 101 Å². The Kier molecular flexibility index (Phi) is 6.16. The smallest absolute Gasteiger partial charge is 0.166 e. The van der Waals surface area contributed by atoms with Crippen molar-refractivity contribution in [3.8, 4) is 27.8 Å². The zero-order chi connectivity index (χ0) is 23.7. The molecule has 0 aliphatic heterocycles. The Morgan fingerprint density at radius 3 is 2.50 bits per heavy atom. The van der Waals surface area contributed by atoms with Crippen LogP contribution < -0.4 is 5.73 Å². The predicted molar refractivity (Wildman–Crippen MR) is 139 cm³/mol. The number of halogens is 1. The van der Waals surface area contributed by atoms with E-state index in [0.29, 0.717) is 49.6 Å². The zero-order valence-corrected chi connectivity index (χ0v) is 20.4. The number of thioether (sulfide) groups is 1. The molecule has 0 spiro atoms. The van der Waals surface area contributed by atoms with Crippen LogP contribution >= 0.6 is 34.7 Å². The molecular weight excluding hydrogens is 484 g/mol. The number of thiazole rings is 1. The molecule has 0 radical (unpaired) electrons. The average molecular weight is 501 g/mol. The largest absolute Gasteiger partial charge is 0.383 e. The lowest BCUT2D eigenvalue weighted by molar-refractivity contribution is 1.05. The van der Waals surface area contributed by atoms with Gasteiger partial charge in [-0.2, -0.15) is 5.26 Å². The fourth-order valence-corrected chi connectivity index (χ4v) is 5.56. The highest BCUT2D eigenvalue weighted by Crippen LogP contribution is 2.38. The van der Waals surface area contributed by atoms with Gasteiger partial charge in [-0.05, 0) is 24.6 Å². The molecule has 0 amide bonds. The number of anilines is 1. The SMILES string of the molecule is Cc1nc(N)c2c(-c3ccccc3)c(C#N)c(SCc3csc(-c4ccc(Cl)cc4)n3)nc2n1. The van der Waals surface area contributed by atoms with E-state index in [9.17, 15) is 5.26 Å². The fraction of sp³-hybridized carbons (Fsp3) is 0.0800. The monoisotopic (exact) mass is 500 g/mol. The van der Waals surface area contributed by atoms with Gasteiger partial charge in [-0.3, -0.25) is 0 Å². The molecule has 6 nitrogen and oxygen atoms in total. The van der Waals surface area contributed by atoms with Crippen LogP contribution in [0.1, 0.15) is 17.1 Å². The van der Waals surface area contributed by atoms with E-state index in [1.54, 1.807) is 18.3 Å². The quantitative estimate of drug-likeness (QED) is 0.274. The first kappa shape index (κ1) is 22.3. The Labute approximate surface area is 209 Å². The highest BCUT2D eigenvalue weighted by atomic mass is 35.5. The van der Waals surface area contributed by atoms with Crippen molar-refractivity contribution < 1.29 is 0 Å². The summed E-state index contributed by atoms with van der Waals surface area (Å²) in [6.45, 7) is 1.78. The van der Waals surface area contributed by atoms with Crippen LogP contribution in [0.5, 0.6) is 0 Å². The third-order valence-corrected chi connectivity index (χ3v) is 7.33. The maximum atomic E-state index is 10.1. The molecule has 2 aromatic carbocycles. The van der Waals surface area contributed by atoms with Gasteiger partial charge in [0.2, 0.25) is 0 Å². The minimum absolute atomic E-state index is 0.314. The average Bonchev–Trinajstić information content (AvgIpc) is 3.31. The molecule has 166 valence electrons. The van der Waals surface area contributed by atoms with Crippen LogP contribution in [-0.4, -0.2) is 19.9 Å². The van der Waals surface area contributed by atoms with Crippen LogP contribution in [0.25, 0.3) is 32.7 Å². The molecule has 0 unspecified atom stereocenters. The van der Waals surface area contributed by atoms with Gasteiger partial charge in [0.1, 0.15) is 27.7 Å². The molecule has 2 N–H and O–H groups in total. The standard InChI is InChI=1S/C25H17ClN6S2/c1-14-29-22(28)21-20(15-5-3-2-4-6-15)19(11-27)25(32-23(21)30-14)34-13-18-12-33-24(31-18)16-7-9-17(26)10-8-16/h2-10,12H,13H2,1H3,(H2,28,29,30,32). The predicted octanol–water partition coefficient (Wildman–Crippen LogP) is 6.52. The van der Waals surface area contributed by atoms with E-state index in [-0.39, 0.29) is 0 Å². The van der Waals surface area contributed by atoms with Crippen molar-refractivity contribution in [1.29, 1.82) is 5.26 Å². The van der Waals surface area contributed by atoms with Crippen LogP contribution in [0.4, 0.5) is 5.82 Å². The number of aryl methyl sites for hydroxylation is 1. The van der Waals surface area contributed by atoms with Gasteiger partial charge in [0.25, 0.3) is 0 Å². The number of nitrogens with two attached hydrogens (primary N) is 1. The number of nitrogens with zero attached hydrogens (tertiary/aromatic N) is 5. The Morgan fingerprint density at radius 1 is 1.00 bits per heavy atom. The van der Waals surface area contributed by atoms with Gasteiger partial charge in [0, 0.05) is 27.3 Å². The number of aromatic nitrogens is 4. The summed E-state index contributed by atoms with van der Waals surface area (Å²) >= 11 is 9.03. The van der Waals surface area contributed by atoms with Crippen molar-refractivity contribution in [3.05, 3.63) is 82.1 Å². The Bertz CT molecular complexity index is 1540. The van der Waals surface area contributed by atoms with Crippen LogP contribution in [-0.2, 0) is 5.75 Å². The first-order valence-corrected chi connectivity index (χ1v) is 12.5. The summed E-state index contributed by atoms with van der Waals surface area (Å²) < 4.78 is 0. The summed E-state index contributed by atoms with van der Waals surface area (Å²) in [5.74, 6) is 1.41. The third kappa shape index (κ3) is 4.33. The number of nitriles is 1. The van der Waals surface area contributed by atoms with E-state index in [1.807, 2.05) is 60.0 Å². The number of pyridine rings is 1. The number of rotatable bonds is 5. The van der Waals surface area contributed by atoms with Crippen LogP contribution in [0.3, 0.4) is 0 Å². The summed E-state index contributed by atoms with van der Waals surface area (Å²) in [6, 6.07) is 19.6. The molecule has 34 heavy (non-hydrogen) atoms. The van der Waals surface area contributed by atoms with E-state index >= 15 is 0 Å². The highest BCUT2D eigenvalue weighted by Gasteiger charge is 2.21. The van der Waals surface area contributed by atoms with Gasteiger partial charge < -0.3 is 5.73 Å². The third-order valence-electron chi connectivity index (χ3n) is 5.12. The lowest BCUT2D eigenvalue weighted by Crippen LogP contribution is -2.04. The van der Waals surface area contributed by atoms with Crippen molar-refractivity contribution in [2.75, 3.05) is 5.73 Å². The van der Waals surface area contributed by atoms with Gasteiger partial charge in [-0.1, -0.05) is 65.8 Å². The fourth-order valence-electron chi connectivity index (χ4n) is 3.63. The lowest BCUT2D eigenvalue weighted by Gasteiger charge is -2.14. The molecule has 0 saturated carbocycles. The van der Waals surface area contributed by atoms with E-state index < -0.39 is 0 Å². The lowest BCUT2D eigenvalue weighted by atomic mass is 9.98. The minimum Gasteiger partial charge on any atom is -0.383 e. The number of fused-ring (bicyclic) bond motifs is 1. The first-order chi connectivity index (χ1) is 16.5. The molecule has 5 rings (SSSR count). The number of benzene rings is 2. The second kappa shape index (κ2) is 9.39. The Morgan fingerprint density at radius 2 is 1.76 bits per heavy atom. The molecule has 0 saturated heterocycles. The van der Waals surface area contributed by atoms with Gasteiger partial charge in [0.15, 0.2) is 5.65 Å². The van der Waals surface area contributed by atoms with Crippen LogP contribution in [0.15, 0.2) is 65.0 Å². The Hall–Kier alpha value is -3.51. The van der Waals surface area contributed by atoms with Crippen molar-refractivity contribution in [2.45, 2.75) is 17.7 Å². The molecule has 9 heteroatoms. The highest BCUT2D eigenvalue weighted by molar-refractivity contribution is 7.98. The van der Waals surface area contributed by atoms with Crippen molar-refractivity contribution in [2.24, 2.45) is 0 Å². The summed E-state index contributed by atoms with van der Waals surface area (Å²) in [5.41, 5.74) is 10.7. The molecule has 0 bridgehead atoms. The minimum atomic E-state index is 0.314. The second-order valence-electron chi connectivity index (χ2n) is 7.44. The van der Waals surface area contributed by atoms with Gasteiger partial charge in [-0.15, -0.1) is 11.3 Å². The molecule has 3 aromatic heterocycles. The second-order valence-corrected chi connectivity index (χ2v) is 9.70. The number of nitrogen functional groups attached to an aromatic ring is 1. The van der Waals surface area contributed by atoms with Gasteiger partial charge in [-0.25, -0.2) is 19.9 Å². The summed E-state index contributed by atoms with van der Waals surface area (Å²) in [4.78, 5) is 18.3. The Balaban J connectivity index is 1.55. The maximum Gasteiger partial charge on any atom is 0.166 e. The van der Waals surface area contributed by atoms with Crippen molar-refractivity contribution in [1.82, 2.24) is 19.9 Å².